The number of nitrogens with zero attached hydrogens (tertiary/aromatic N) is 3. The van der Waals surface area contributed by atoms with Gasteiger partial charge in [-0.05, 0) is 19.1 Å². The third-order valence-corrected chi connectivity index (χ3v) is 2.45. The Bertz CT molecular complexity index is 585. The number of hydrogen-bond donors (Lipinski definition) is 0. The SMILES string of the molecule is CCOC(=O)c1cn(-c2cccc(Cl)c2F)nn1. The summed E-state index contributed by atoms with van der Waals surface area (Å²) in [6, 6.07) is 4.47. The standard InChI is InChI=1S/C11H9ClFN3O2/c1-2-18-11(17)8-6-16(15-14-8)9-5-3-4-7(12)10(9)13/h3-6H,2H2,1H3. The van der Waals surface area contributed by atoms with E-state index in [0.717, 1.165) is 4.68 Å². The molecule has 94 valence electrons. The van der Waals surface area contributed by atoms with Crippen molar-refractivity contribution in [1.82, 2.24) is 15.0 Å². The Balaban J connectivity index is 2.35. The molecule has 0 unspecified atom stereocenters. The molecule has 0 fully saturated rings. The van der Waals surface area contributed by atoms with Crippen LogP contribution in [0.2, 0.25) is 5.02 Å². The van der Waals surface area contributed by atoms with E-state index in [4.69, 9.17) is 16.3 Å². The molecule has 0 amide bonds. The summed E-state index contributed by atoms with van der Waals surface area (Å²) < 4.78 is 19.6. The largest absolute Gasteiger partial charge is 0.461 e. The highest BCUT2D eigenvalue weighted by molar-refractivity contribution is 6.30. The first kappa shape index (κ1) is 12.5. The van der Waals surface area contributed by atoms with Gasteiger partial charge in [-0.2, -0.15) is 0 Å². The fraction of sp³-hybridized carbons (Fsp3) is 0.182. The van der Waals surface area contributed by atoms with Crippen LogP contribution >= 0.6 is 11.6 Å². The Kier molecular flexibility index (Phi) is 3.57. The number of carbonyl (C=O) groups excluding carboxylic acids is 1. The van der Waals surface area contributed by atoms with E-state index in [1.54, 1.807) is 13.0 Å². The van der Waals surface area contributed by atoms with E-state index in [2.05, 4.69) is 10.3 Å². The number of esters is 1. The highest BCUT2D eigenvalue weighted by Crippen LogP contribution is 2.20. The fourth-order valence-corrected chi connectivity index (χ4v) is 1.52. The predicted molar refractivity (Wildman–Crippen MR) is 62.3 cm³/mol. The molecule has 0 bridgehead atoms. The van der Waals surface area contributed by atoms with Crippen LogP contribution in [0, 0.1) is 5.82 Å². The summed E-state index contributed by atoms with van der Waals surface area (Å²) >= 11 is 5.65. The maximum Gasteiger partial charge on any atom is 0.360 e. The first-order valence-electron chi connectivity index (χ1n) is 5.17. The van der Waals surface area contributed by atoms with E-state index in [0.29, 0.717) is 0 Å². The van der Waals surface area contributed by atoms with E-state index in [-0.39, 0.29) is 23.0 Å². The van der Waals surface area contributed by atoms with E-state index < -0.39 is 11.8 Å². The first-order valence-corrected chi connectivity index (χ1v) is 5.55. The van der Waals surface area contributed by atoms with Gasteiger partial charge in [0.1, 0.15) is 5.69 Å². The second-order valence-electron chi connectivity index (χ2n) is 3.34. The minimum atomic E-state index is -0.625. The van der Waals surface area contributed by atoms with Crippen molar-refractivity contribution in [2.24, 2.45) is 0 Å². The molecule has 0 saturated carbocycles. The summed E-state index contributed by atoms with van der Waals surface area (Å²) in [6.07, 6.45) is 1.28. The zero-order valence-corrected chi connectivity index (χ0v) is 10.2. The Hall–Kier alpha value is -1.95. The van der Waals surface area contributed by atoms with Crippen LogP contribution in [0.1, 0.15) is 17.4 Å². The van der Waals surface area contributed by atoms with Crippen LogP contribution in [0.25, 0.3) is 5.69 Å². The average molecular weight is 270 g/mol. The smallest absolute Gasteiger partial charge is 0.360 e. The lowest BCUT2D eigenvalue weighted by atomic mass is 10.3. The number of benzene rings is 1. The topological polar surface area (TPSA) is 57.0 Å². The zero-order valence-electron chi connectivity index (χ0n) is 9.43. The van der Waals surface area contributed by atoms with Crippen LogP contribution in [0.15, 0.2) is 24.4 Å². The van der Waals surface area contributed by atoms with Gasteiger partial charge in [0.2, 0.25) is 0 Å². The summed E-state index contributed by atoms with van der Waals surface area (Å²) in [5, 5.41) is 7.24. The maximum absolute atomic E-state index is 13.7. The first-order chi connectivity index (χ1) is 8.63. The summed E-state index contributed by atoms with van der Waals surface area (Å²) in [5.41, 5.74) is 0.127. The second-order valence-corrected chi connectivity index (χ2v) is 3.75. The van der Waals surface area contributed by atoms with Gasteiger partial charge in [0, 0.05) is 0 Å². The minimum absolute atomic E-state index is 0.0104. The Morgan fingerprint density at radius 1 is 1.56 bits per heavy atom. The highest BCUT2D eigenvalue weighted by atomic mass is 35.5. The molecule has 5 nitrogen and oxygen atoms in total. The van der Waals surface area contributed by atoms with Gasteiger partial charge >= 0.3 is 5.97 Å². The van der Waals surface area contributed by atoms with E-state index in [1.807, 2.05) is 0 Å². The Labute approximate surface area is 107 Å². The minimum Gasteiger partial charge on any atom is -0.461 e. The molecule has 0 saturated heterocycles. The number of carbonyl (C=O) groups is 1. The fourth-order valence-electron chi connectivity index (χ4n) is 1.35. The number of halogens is 2. The van der Waals surface area contributed by atoms with Crippen molar-refractivity contribution in [3.8, 4) is 5.69 Å². The van der Waals surface area contributed by atoms with Crippen molar-refractivity contribution in [1.29, 1.82) is 0 Å². The lowest BCUT2D eigenvalue weighted by Crippen LogP contribution is -2.04. The zero-order chi connectivity index (χ0) is 13.1. The maximum atomic E-state index is 13.7. The summed E-state index contributed by atoms with van der Waals surface area (Å²) in [5.74, 6) is -1.23. The average Bonchev–Trinajstić information content (AvgIpc) is 2.82. The van der Waals surface area contributed by atoms with Crippen LogP contribution in [0.5, 0.6) is 0 Å². The van der Waals surface area contributed by atoms with Gasteiger partial charge in [0.25, 0.3) is 0 Å². The summed E-state index contributed by atoms with van der Waals surface area (Å²) in [7, 11) is 0. The molecule has 7 heteroatoms. The van der Waals surface area contributed by atoms with E-state index in [1.165, 1.54) is 18.3 Å². The molecule has 1 aromatic heterocycles. The Morgan fingerprint density at radius 2 is 2.33 bits per heavy atom. The second kappa shape index (κ2) is 5.14. The van der Waals surface area contributed by atoms with Gasteiger partial charge in [-0.25, -0.2) is 13.9 Å². The monoisotopic (exact) mass is 269 g/mol. The molecule has 1 aromatic carbocycles. The molecule has 0 spiro atoms. The molecule has 0 N–H and O–H groups in total. The molecule has 2 rings (SSSR count). The molecular formula is C11H9ClFN3O2. The van der Waals surface area contributed by atoms with Crippen LogP contribution in [0.3, 0.4) is 0 Å². The third kappa shape index (κ3) is 2.33. The number of aromatic nitrogens is 3. The number of rotatable bonds is 3. The van der Waals surface area contributed by atoms with Crippen molar-refractivity contribution in [3.63, 3.8) is 0 Å². The van der Waals surface area contributed by atoms with Crippen molar-refractivity contribution in [3.05, 3.63) is 40.9 Å². The Morgan fingerprint density at radius 3 is 3.06 bits per heavy atom. The van der Waals surface area contributed by atoms with Crippen molar-refractivity contribution in [2.75, 3.05) is 6.61 Å². The summed E-state index contributed by atoms with van der Waals surface area (Å²) in [6.45, 7) is 1.91. The van der Waals surface area contributed by atoms with Gasteiger partial charge in [0.05, 0.1) is 17.8 Å². The van der Waals surface area contributed by atoms with Crippen LogP contribution < -0.4 is 0 Å². The number of ether oxygens (including phenoxy) is 1. The highest BCUT2D eigenvalue weighted by Gasteiger charge is 2.15. The lowest BCUT2D eigenvalue weighted by Gasteiger charge is -2.02. The van der Waals surface area contributed by atoms with Crippen molar-refractivity contribution >= 4 is 17.6 Å². The quantitative estimate of drug-likeness (QED) is 0.802. The molecule has 18 heavy (non-hydrogen) atoms. The molecular weight excluding hydrogens is 261 g/mol. The molecule has 0 aliphatic carbocycles. The van der Waals surface area contributed by atoms with E-state index >= 15 is 0 Å². The van der Waals surface area contributed by atoms with Gasteiger partial charge in [-0.15, -0.1) is 5.10 Å². The van der Waals surface area contributed by atoms with Gasteiger partial charge in [-0.3, -0.25) is 0 Å². The number of hydrogen-bond acceptors (Lipinski definition) is 4. The molecule has 0 aliphatic heterocycles. The van der Waals surface area contributed by atoms with E-state index in [9.17, 15) is 9.18 Å². The molecule has 0 aliphatic rings. The predicted octanol–water partition coefficient (Wildman–Crippen LogP) is 2.24. The third-order valence-electron chi connectivity index (χ3n) is 2.16. The molecule has 0 atom stereocenters. The van der Waals surface area contributed by atoms with Crippen molar-refractivity contribution in [2.45, 2.75) is 6.92 Å². The van der Waals surface area contributed by atoms with Crippen LogP contribution in [0.4, 0.5) is 4.39 Å². The van der Waals surface area contributed by atoms with Crippen LogP contribution in [-0.4, -0.2) is 27.6 Å². The molecule has 2 aromatic rings. The van der Waals surface area contributed by atoms with Gasteiger partial charge in [0.15, 0.2) is 11.5 Å². The molecule has 0 radical (unpaired) electrons. The lowest BCUT2D eigenvalue weighted by molar-refractivity contribution is 0.0519. The summed E-state index contributed by atoms with van der Waals surface area (Å²) in [4.78, 5) is 11.4. The normalized spacial score (nSPS) is 10.4. The molecule has 1 heterocycles. The van der Waals surface area contributed by atoms with Crippen LogP contribution in [-0.2, 0) is 4.74 Å². The van der Waals surface area contributed by atoms with Crippen molar-refractivity contribution < 1.29 is 13.9 Å². The van der Waals surface area contributed by atoms with Gasteiger partial charge < -0.3 is 4.74 Å². The van der Waals surface area contributed by atoms with Gasteiger partial charge in [-0.1, -0.05) is 22.9 Å².